The van der Waals surface area contributed by atoms with Crippen molar-refractivity contribution in [2.45, 2.75) is 45.3 Å². The number of hydrogen-bond acceptors (Lipinski definition) is 4. The van der Waals surface area contributed by atoms with Crippen LogP contribution in [0.5, 0.6) is 0 Å². The van der Waals surface area contributed by atoms with Gasteiger partial charge in [-0.3, -0.25) is 0 Å². The van der Waals surface area contributed by atoms with E-state index in [9.17, 15) is 0 Å². The molecule has 0 fully saturated rings. The van der Waals surface area contributed by atoms with Crippen LogP contribution in [0.25, 0.3) is 11.3 Å². The van der Waals surface area contributed by atoms with Crippen molar-refractivity contribution in [2.24, 2.45) is 0 Å². The van der Waals surface area contributed by atoms with Crippen LogP contribution < -0.4 is 5.32 Å². The predicted octanol–water partition coefficient (Wildman–Crippen LogP) is 3.21. The van der Waals surface area contributed by atoms with Gasteiger partial charge in [0.05, 0.1) is 13.1 Å². The number of furan rings is 1. The first-order valence-electron chi connectivity index (χ1n) is 8.62. The van der Waals surface area contributed by atoms with Gasteiger partial charge in [-0.15, -0.1) is 0 Å². The maximum Gasteiger partial charge on any atom is 0.150 e. The Labute approximate surface area is 141 Å². The number of benzene rings is 1. The van der Waals surface area contributed by atoms with Gasteiger partial charge in [0.2, 0.25) is 0 Å². The molecule has 0 spiro atoms. The lowest BCUT2D eigenvalue weighted by atomic mass is 10.1. The normalized spacial score (nSPS) is 17.0. The van der Waals surface area contributed by atoms with E-state index in [-0.39, 0.29) is 0 Å². The van der Waals surface area contributed by atoms with Gasteiger partial charge in [0.1, 0.15) is 17.3 Å². The predicted molar refractivity (Wildman–Crippen MR) is 92.5 cm³/mol. The summed E-state index contributed by atoms with van der Waals surface area (Å²) >= 11 is 0. The van der Waals surface area contributed by atoms with E-state index in [0.717, 1.165) is 61.1 Å². The average Bonchev–Trinajstić information content (AvgIpc) is 3.27. The minimum absolute atomic E-state index is 0.411. The highest BCUT2D eigenvalue weighted by Crippen LogP contribution is 2.22. The van der Waals surface area contributed by atoms with Crippen molar-refractivity contribution in [3.63, 3.8) is 0 Å². The van der Waals surface area contributed by atoms with Gasteiger partial charge in [0.15, 0.2) is 5.82 Å². The fourth-order valence-corrected chi connectivity index (χ4v) is 3.15. The van der Waals surface area contributed by atoms with Crippen molar-refractivity contribution >= 4 is 0 Å². The summed E-state index contributed by atoms with van der Waals surface area (Å²) in [5.41, 5.74) is 1.11. The molecule has 0 amide bonds. The lowest BCUT2D eigenvalue weighted by molar-refractivity contribution is 0.345. The lowest BCUT2D eigenvalue weighted by Crippen LogP contribution is -2.37. The Morgan fingerprint density at radius 1 is 1.21 bits per heavy atom. The van der Waals surface area contributed by atoms with Crippen LogP contribution in [0.15, 0.2) is 46.9 Å². The van der Waals surface area contributed by atoms with Crippen LogP contribution in [-0.2, 0) is 25.9 Å². The molecule has 0 saturated heterocycles. The van der Waals surface area contributed by atoms with Gasteiger partial charge in [0.25, 0.3) is 0 Å². The molecule has 1 atom stereocenters. The van der Waals surface area contributed by atoms with Crippen LogP contribution in [0.3, 0.4) is 0 Å². The number of hydrogen-bond donors (Lipinski definition) is 1. The SMILES string of the molecule is CCc1nc2n(n1)CC(NCc1ccc(-c3ccccc3)o1)CC2. The second-order valence-corrected chi connectivity index (χ2v) is 6.23. The molecule has 1 unspecified atom stereocenters. The van der Waals surface area contributed by atoms with E-state index in [2.05, 4.69) is 39.1 Å². The second-order valence-electron chi connectivity index (χ2n) is 6.23. The van der Waals surface area contributed by atoms with Crippen LogP contribution in [0.1, 0.15) is 30.8 Å². The molecule has 24 heavy (non-hydrogen) atoms. The molecule has 3 aromatic rings. The zero-order chi connectivity index (χ0) is 16.4. The topological polar surface area (TPSA) is 55.9 Å². The first kappa shape index (κ1) is 15.1. The lowest BCUT2D eigenvalue weighted by Gasteiger charge is -2.23. The standard InChI is InChI=1S/C19H22N4O/c1-2-18-21-19-11-8-15(13-23(19)22-18)20-12-16-9-10-17(24-16)14-6-4-3-5-7-14/h3-7,9-10,15,20H,2,8,11-13H2,1H3. The van der Waals surface area contributed by atoms with Gasteiger partial charge >= 0.3 is 0 Å². The van der Waals surface area contributed by atoms with Gasteiger partial charge in [-0.05, 0) is 18.6 Å². The summed E-state index contributed by atoms with van der Waals surface area (Å²) in [6.07, 6.45) is 2.97. The van der Waals surface area contributed by atoms with Crippen molar-refractivity contribution < 1.29 is 4.42 Å². The van der Waals surface area contributed by atoms with E-state index in [4.69, 9.17) is 4.42 Å². The number of fused-ring (bicyclic) bond motifs is 1. The van der Waals surface area contributed by atoms with Crippen LogP contribution in [-0.4, -0.2) is 20.8 Å². The van der Waals surface area contributed by atoms with Crippen molar-refractivity contribution in [1.82, 2.24) is 20.1 Å². The highest BCUT2D eigenvalue weighted by Gasteiger charge is 2.21. The Morgan fingerprint density at radius 2 is 2.08 bits per heavy atom. The van der Waals surface area contributed by atoms with Gasteiger partial charge in [-0.1, -0.05) is 37.3 Å². The maximum absolute atomic E-state index is 5.95. The Hall–Kier alpha value is -2.40. The third-order valence-corrected chi connectivity index (χ3v) is 4.50. The van der Waals surface area contributed by atoms with E-state index in [1.807, 2.05) is 30.3 Å². The van der Waals surface area contributed by atoms with Crippen LogP contribution in [0, 0.1) is 0 Å². The largest absolute Gasteiger partial charge is 0.460 e. The zero-order valence-corrected chi connectivity index (χ0v) is 13.9. The molecule has 124 valence electrons. The number of nitrogens with one attached hydrogen (secondary N) is 1. The second kappa shape index (κ2) is 6.61. The number of rotatable bonds is 5. The first-order chi connectivity index (χ1) is 11.8. The van der Waals surface area contributed by atoms with E-state index in [1.54, 1.807) is 0 Å². The molecule has 4 rings (SSSR count). The van der Waals surface area contributed by atoms with Crippen LogP contribution >= 0.6 is 0 Å². The summed E-state index contributed by atoms with van der Waals surface area (Å²) < 4.78 is 8.01. The Bertz CT molecular complexity index is 806. The van der Waals surface area contributed by atoms with Gasteiger partial charge in [-0.2, -0.15) is 5.10 Å². The molecule has 0 saturated carbocycles. The highest BCUT2D eigenvalue weighted by molar-refractivity contribution is 5.57. The highest BCUT2D eigenvalue weighted by atomic mass is 16.3. The van der Waals surface area contributed by atoms with Crippen LogP contribution in [0.2, 0.25) is 0 Å². The average molecular weight is 322 g/mol. The first-order valence-corrected chi connectivity index (χ1v) is 8.62. The molecular weight excluding hydrogens is 300 g/mol. The van der Waals surface area contributed by atoms with E-state index >= 15 is 0 Å². The number of nitrogens with zero attached hydrogens (tertiary/aromatic N) is 3. The third-order valence-electron chi connectivity index (χ3n) is 4.50. The molecule has 0 radical (unpaired) electrons. The van der Waals surface area contributed by atoms with Gasteiger partial charge in [-0.25, -0.2) is 9.67 Å². The Kier molecular flexibility index (Phi) is 4.17. The maximum atomic E-state index is 5.95. The molecule has 0 bridgehead atoms. The molecule has 3 heterocycles. The Morgan fingerprint density at radius 3 is 2.92 bits per heavy atom. The summed E-state index contributed by atoms with van der Waals surface area (Å²) in [7, 11) is 0. The minimum Gasteiger partial charge on any atom is -0.460 e. The minimum atomic E-state index is 0.411. The third kappa shape index (κ3) is 3.12. The monoisotopic (exact) mass is 322 g/mol. The molecule has 0 aliphatic carbocycles. The molecule has 1 N–H and O–H groups in total. The molecule has 2 aromatic heterocycles. The Balaban J connectivity index is 1.37. The molecule has 5 heteroatoms. The van der Waals surface area contributed by atoms with Crippen LogP contribution in [0.4, 0.5) is 0 Å². The van der Waals surface area contributed by atoms with E-state index < -0.39 is 0 Å². The summed E-state index contributed by atoms with van der Waals surface area (Å²) in [4.78, 5) is 4.56. The number of aromatic nitrogens is 3. The molecule has 1 aromatic carbocycles. The van der Waals surface area contributed by atoms with Crippen molar-refractivity contribution in [1.29, 1.82) is 0 Å². The quantitative estimate of drug-likeness (QED) is 0.784. The van der Waals surface area contributed by atoms with E-state index in [1.165, 1.54) is 0 Å². The molecule has 1 aliphatic rings. The van der Waals surface area contributed by atoms with Crippen molar-refractivity contribution in [3.05, 3.63) is 59.9 Å². The number of aryl methyl sites for hydroxylation is 2. The molecular formula is C19H22N4O. The summed E-state index contributed by atoms with van der Waals surface area (Å²) in [6, 6.07) is 14.7. The van der Waals surface area contributed by atoms with E-state index in [0.29, 0.717) is 6.04 Å². The van der Waals surface area contributed by atoms with Crippen molar-refractivity contribution in [2.75, 3.05) is 0 Å². The smallest absolute Gasteiger partial charge is 0.150 e. The van der Waals surface area contributed by atoms with Crippen molar-refractivity contribution in [3.8, 4) is 11.3 Å². The summed E-state index contributed by atoms with van der Waals surface area (Å²) in [5.74, 6) is 3.95. The summed E-state index contributed by atoms with van der Waals surface area (Å²) in [5, 5.41) is 8.15. The van der Waals surface area contributed by atoms with Gasteiger partial charge < -0.3 is 9.73 Å². The molecule has 5 nitrogen and oxygen atoms in total. The zero-order valence-electron chi connectivity index (χ0n) is 13.9. The fraction of sp³-hybridized carbons (Fsp3) is 0.368. The van der Waals surface area contributed by atoms with Gasteiger partial charge in [0, 0.05) is 24.4 Å². The summed E-state index contributed by atoms with van der Waals surface area (Å²) in [6.45, 7) is 3.72. The fourth-order valence-electron chi connectivity index (χ4n) is 3.15. The molecule has 1 aliphatic heterocycles.